The average Bonchev–Trinajstić information content (AvgIpc) is 2.60. The molecule has 0 saturated carbocycles. The number of carbonyl (C=O) groups is 3. The Morgan fingerprint density at radius 2 is 1.72 bits per heavy atom. The minimum absolute atomic E-state index is 0.364. The molecule has 25 heavy (non-hydrogen) atoms. The van der Waals surface area contributed by atoms with Gasteiger partial charge in [-0.25, -0.2) is 0 Å². The van der Waals surface area contributed by atoms with E-state index in [1.54, 1.807) is 42.5 Å². The van der Waals surface area contributed by atoms with Gasteiger partial charge in [-0.05, 0) is 30.3 Å². The van der Waals surface area contributed by atoms with Crippen LogP contribution in [0.15, 0.2) is 48.5 Å². The summed E-state index contributed by atoms with van der Waals surface area (Å²) in [5.41, 5.74) is 0.846. The van der Waals surface area contributed by atoms with Gasteiger partial charge in [0.25, 0.3) is 0 Å². The Kier molecular flexibility index (Phi) is 6.36. The smallest absolute Gasteiger partial charge is 0.313 e. The lowest BCUT2D eigenvalue weighted by molar-refractivity contribution is -0.136. The molecule has 2 rings (SSSR count). The maximum atomic E-state index is 11.9. The summed E-state index contributed by atoms with van der Waals surface area (Å²) in [5, 5.41) is 7.63. The standard InChI is InChI=1S/C17H16ClN3O4/c1-25-14-8-7-11(18)9-13(14)21-15(22)10-19-16(23)17(24)20-12-5-3-2-4-6-12/h2-9H,10H2,1H3,(H,19,23)(H,20,24)(H,21,22). The van der Waals surface area contributed by atoms with Crippen molar-refractivity contribution in [3.05, 3.63) is 53.6 Å². The largest absolute Gasteiger partial charge is 0.495 e. The minimum atomic E-state index is -0.919. The lowest BCUT2D eigenvalue weighted by Gasteiger charge is -2.11. The SMILES string of the molecule is COc1ccc(Cl)cc1NC(=O)CNC(=O)C(=O)Nc1ccccc1. The first-order valence-corrected chi connectivity index (χ1v) is 7.65. The van der Waals surface area contributed by atoms with Crippen molar-refractivity contribution in [1.82, 2.24) is 5.32 Å². The fourth-order valence-electron chi connectivity index (χ4n) is 1.92. The second-order valence-electron chi connectivity index (χ2n) is 4.90. The molecule has 0 spiro atoms. The van der Waals surface area contributed by atoms with Crippen LogP contribution in [0, 0.1) is 0 Å². The number of hydrogen-bond acceptors (Lipinski definition) is 4. The highest BCUT2D eigenvalue weighted by Gasteiger charge is 2.15. The van der Waals surface area contributed by atoms with Crippen molar-refractivity contribution in [2.45, 2.75) is 0 Å². The average molecular weight is 362 g/mol. The Hall–Kier alpha value is -3.06. The van der Waals surface area contributed by atoms with E-state index in [-0.39, 0.29) is 6.54 Å². The van der Waals surface area contributed by atoms with Gasteiger partial charge < -0.3 is 20.7 Å². The second-order valence-corrected chi connectivity index (χ2v) is 5.33. The number of para-hydroxylation sites is 1. The molecule has 0 heterocycles. The van der Waals surface area contributed by atoms with Crippen LogP contribution in [0.4, 0.5) is 11.4 Å². The van der Waals surface area contributed by atoms with Gasteiger partial charge in [-0.2, -0.15) is 0 Å². The predicted octanol–water partition coefficient (Wildman–Crippen LogP) is 2.04. The quantitative estimate of drug-likeness (QED) is 0.710. The summed E-state index contributed by atoms with van der Waals surface area (Å²) in [6.45, 7) is -0.378. The molecule has 3 N–H and O–H groups in total. The predicted molar refractivity (Wildman–Crippen MR) is 94.7 cm³/mol. The van der Waals surface area contributed by atoms with Gasteiger partial charge in [-0.1, -0.05) is 29.8 Å². The molecule has 0 aromatic heterocycles. The van der Waals surface area contributed by atoms with Crippen molar-refractivity contribution in [3.63, 3.8) is 0 Å². The van der Waals surface area contributed by atoms with Crippen LogP contribution < -0.4 is 20.7 Å². The van der Waals surface area contributed by atoms with Gasteiger partial charge in [-0.3, -0.25) is 14.4 Å². The number of nitrogens with one attached hydrogen (secondary N) is 3. The fraction of sp³-hybridized carbons (Fsp3) is 0.118. The zero-order valence-electron chi connectivity index (χ0n) is 13.3. The Morgan fingerprint density at radius 1 is 1.00 bits per heavy atom. The molecule has 7 nitrogen and oxygen atoms in total. The molecule has 3 amide bonds. The lowest BCUT2D eigenvalue weighted by atomic mass is 10.3. The Morgan fingerprint density at radius 3 is 2.40 bits per heavy atom. The van der Waals surface area contributed by atoms with E-state index >= 15 is 0 Å². The maximum absolute atomic E-state index is 11.9. The van der Waals surface area contributed by atoms with E-state index in [0.29, 0.717) is 22.1 Å². The summed E-state index contributed by atoms with van der Waals surface area (Å²) in [6, 6.07) is 13.2. The van der Waals surface area contributed by atoms with E-state index in [9.17, 15) is 14.4 Å². The lowest BCUT2D eigenvalue weighted by Crippen LogP contribution is -2.39. The molecule has 2 aromatic carbocycles. The van der Waals surface area contributed by atoms with Crippen LogP contribution in [0.25, 0.3) is 0 Å². The number of anilines is 2. The molecule has 8 heteroatoms. The van der Waals surface area contributed by atoms with E-state index in [1.807, 2.05) is 0 Å². The van der Waals surface area contributed by atoms with Gasteiger partial charge in [0, 0.05) is 10.7 Å². The monoisotopic (exact) mass is 361 g/mol. The molecule has 0 bridgehead atoms. The van der Waals surface area contributed by atoms with Crippen molar-refractivity contribution in [3.8, 4) is 5.75 Å². The molecular weight excluding hydrogens is 346 g/mol. The first-order valence-electron chi connectivity index (χ1n) is 7.27. The molecule has 0 aliphatic rings. The minimum Gasteiger partial charge on any atom is -0.495 e. The summed E-state index contributed by atoms with van der Waals surface area (Å²) < 4.78 is 5.11. The van der Waals surface area contributed by atoms with Crippen LogP contribution in [0.2, 0.25) is 5.02 Å². The van der Waals surface area contributed by atoms with Crippen LogP contribution in [0.5, 0.6) is 5.75 Å². The normalized spacial score (nSPS) is 9.84. The number of methoxy groups -OCH3 is 1. The van der Waals surface area contributed by atoms with E-state index in [1.165, 1.54) is 13.2 Å². The number of amides is 3. The van der Waals surface area contributed by atoms with Crippen molar-refractivity contribution in [2.75, 3.05) is 24.3 Å². The molecule has 0 aliphatic carbocycles. The summed E-state index contributed by atoms with van der Waals surface area (Å²) in [7, 11) is 1.45. The van der Waals surface area contributed by atoms with Crippen LogP contribution in [-0.4, -0.2) is 31.4 Å². The molecular formula is C17H16ClN3O4. The number of halogens is 1. The topological polar surface area (TPSA) is 96.5 Å². The number of carbonyl (C=O) groups excluding carboxylic acids is 3. The van der Waals surface area contributed by atoms with Gasteiger partial charge in [0.2, 0.25) is 5.91 Å². The van der Waals surface area contributed by atoms with Crippen molar-refractivity contribution < 1.29 is 19.1 Å². The number of hydrogen-bond donors (Lipinski definition) is 3. The molecule has 130 valence electrons. The Balaban J connectivity index is 1.86. The number of benzene rings is 2. The van der Waals surface area contributed by atoms with Crippen LogP contribution in [0.3, 0.4) is 0 Å². The molecule has 0 fully saturated rings. The highest BCUT2D eigenvalue weighted by molar-refractivity contribution is 6.40. The number of rotatable bonds is 5. The Labute approximate surface area is 149 Å². The molecule has 0 unspecified atom stereocenters. The van der Waals surface area contributed by atoms with E-state index in [2.05, 4.69) is 16.0 Å². The summed E-state index contributed by atoms with van der Waals surface area (Å²) in [6.07, 6.45) is 0. The van der Waals surface area contributed by atoms with Gasteiger partial charge in [0.1, 0.15) is 5.75 Å². The van der Waals surface area contributed by atoms with E-state index in [0.717, 1.165) is 0 Å². The third kappa shape index (κ3) is 5.50. The zero-order chi connectivity index (χ0) is 18.2. The second kappa shape index (κ2) is 8.70. The number of ether oxygens (including phenoxy) is 1. The van der Waals surface area contributed by atoms with Crippen LogP contribution in [0.1, 0.15) is 0 Å². The van der Waals surface area contributed by atoms with Gasteiger partial charge in [0.05, 0.1) is 19.3 Å². The Bertz CT molecular complexity index is 781. The third-order valence-electron chi connectivity index (χ3n) is 3.08. The van der Waals surface area contributed by atoms with Crippen molar-refractivity contribution in [1.29, 1.82) is 0 Å². The highest BCUT2D eigenvalue weighted by atomic mass is 35.5. The highest BCUT2D eigenvalue weighted by Crippen LogP contribution is 2.27. The van der Waals surface area contributed by atoms with Gasteiger partial charge in [-0.15, -0.1) is 0 Å². The molecule has 0 radical (unpaired) electrons. The maximum Gasteiger partial charge on any atom is 0.313 e. The summed E-state index contributed by atoms with van der Waals surface area (Å²) in [5.74, 6) is -1.89. The fourth-order valence-corrected chi connectivity index (χ4v) is 2.09. The van der Waals surface area contributed by atoms with Gasteiger partial charge in [0.15, 0.2) is 0 Å². The van der Waals surface area contributed by atoms with E-state index in [4.69, 9.17) is 16.3 Å². The summed E-state index contributed by atoms with van der Waals surface area (Å²) >= 11 is 5.87. The van der Waals surface area contributed by atoms with Crippen molar-refractivity contribution in [2.24, 2.45) is 0 Å². The van der Waals surface area contributed by atoms with Crippen LogP contribution in [-0.2, 0) is 14.4 Å². The molecule has 0 atom stereocenters. The van der Waals surface area contributed by atoms with Crippen molar-refractivity contribution >= 4 is 40.7 Å². The summed E-state index contributed by atoms with van der Waals surface area (Å²) in [4.78, 5) is 35.4. The first kappa shape index (κ1) is 18.3. The van der Waals surface area contributed by atoms with E-state index < -0.39 is 17.7 Å². The third-order valence-corrected chi connectivity index (χ3v) is 3.32. The molecule has 0 aliphatic heterocycles. The van der Waals surface area contributed by atoms with Gasteiger partial charge >= 0.3 is 11.8 Å². The first-order chi connectivity index (χ1) is 12.0. The molecule has 2 aromatic rings. The molecule has 0 saturated heterocycles. The zero-order valence-corrected chi connectivity index (χ0v) is 14.1. The van der Waals surface area contributed by atoms with Crippen LogP contribution >= 0.6 is 11.6 Å².